The minimum Gasteiger partial charge on any atom is -0.300 e. The number of nitrogens with zero attached hydrogens (tertiary/aromatic N) is 2. The molecule has 2 aliphatic carbocycles. The first-order valence-corrected chi connectivity index (χ1v) is 7.29. The fourth-order valence-electron chi connectivity index (χ4n) is 2.20. The zero-order chi connectivity index (χ0) is 11.7. The number of hydrazine groups is 1. The molecule has 2 saturated carbocycles. The maximum Gasteiger partial charge on any atom is 0.197 e. The van der Waals surface area contributed by atoms with Gasteiger partial charge < -0.3 is 0 Å². The SMILES string of the molecule is NNc1ncc(CN(CC2CC2)CC2CC2)s1. The molecule has 0 aromatic carbocycles. The monoisotopic (exact) mass is 252 g/mol. The van der Waals surface area contributed by atoms with Crippen molar-refractivity contribution in [3.05, 3.63) is 11.1 Å². The third kappa shape index (κ3) is 3.40. The van der Waals surface area contributed by atoms with Gasteiger partial charge in [-0.15, -0.1) is 0 Å². The van der Waals surface area contributed by atoms with Gasteiger partial charge in [-0.2, -0.15) is 0 Å². The van der Waals surface area contributed by atoms with Crippen LogP contribution >= 0.6 is 11.3 Å². The molecule has 1 aromatic rings. The molecule has 2 aliphatic rings. The number of anilines is 1. The Morgan fingerprint density at radius 2 is 1.94 bits per heavy atom. The second-order valence-corrected chi connectivity index (χ2v) is 6.47. The van der Waals surface area contributed by atoms with Gasteiger partial charge in [0.2, 0.25) is 0 Å². The van der Waals surface area contributed by atoms with Crippen molar-refractivity contribution in [2.45, 2.75) is 32.2 Å². The number of hydrogen-bond acceptors (Lipinski definition) is 5. The van der Waals surface area contributed by atoms with E-state index in [1.54, 1.807) is 11.3 Å². The van der Waals surface area contributed by atoms with E-state index in [4.69, 9.17) is 5.84 Å². The van der Waals surface area contributed by atoms with Crippen molar-refractivity contribution in [2.24, 2.45) is 17.7 Å². The van der Waals surface area contributed by atoms with Gasteiger partial charge in [-0.1, -0.05) is 11.3 Å². The average Bonchev–Trinajstić information content (AvgIpc) is 3.22. The number of hydrogen-bond donors (Lipinski definition) is 2. The van der Waals surface area contributed by atoms with E-state index in [-0.39, 0.29) is 0 Å². The minimum absolute atomic E-state index is 0.817. The second kappa shape index (κ2) is 4.92. The highest BCUT2D eigenvalue weighted by Gasteiger charge is 2.29. The summed E-state index contributed by atoms with van der Waals surface area (Å²) in [6.07, 6.45) is 7.67. The maximum absolute atomic E-state index is 5.36. The number of nitrogens with two attached hydrogens (primary N) is 1. The highest BCUT2D eigenvalue weighted by molar-refractivity contribution is 7.15. The Morgan fingerprint density at radius 1 is 1.29 bits per heavy atom. The van der Waals surface area contributed by atoms with Gasteiger partial charge in [0.1, 0.15) is 0 Å². The summed E-state index contributed by atoms with van der Waals surface area (Å²) in [5.41, 5.74) is 2.62. The van der Waals surface area contributed by atoms with E-state index >= 15 is 0 Å². The van der Waals surface area contributed by atoms with Gasteiger partial charge in [0.05, 0.1) is 0 Å². The Kier molecular flexibility index (Phi) is 3.31. The molecule has 94 valence electrons. The lowest BCUT2D eigenvalue weighted by molar-refractivity contribution is 0.246. The molecule has 0 radical (unpaired) electrons. The molecule has 3 rings (SSSR count). The third-order valence-electron chi connectivity index (χ3n) is 3.48. The molecular weight excluding hydrogens is 232 g/mol. The summed E-state index contributed by atoms with van der Waals surface area (Å²) in [5.74, 6) is 7.29. The summed E-state index contributed by atoms with van der Waals surface area (Å²) >= 11 is 1.67. The van der Waals surface area contributed by atoms with Crippen molar-refractivity contribution in [2.75, 3.05) is 18.5 Å². The zero-order valence-corrected chi connectivity index (χ0v) is 10.9. The first-order chi connectivity index (χ1) is 8.33. The summed E-state index contributed by atoms with van der Waals surface area (Å²) in [4.78, 5) is 8.17. The van der Waals surface area contributed by atoms with Crippen LogP contribution in [0.3, 0.4) is 0 Å². The Balaban J connectivity index is 1.56. The normalized spacial score (nSPS) is 19.9. The second-order valence-electron chi connectivity index (χ2n) is 5.36. The molecular formula is C12H20N4S. The van der Waals surface area contributed by atoms with Crippen LogP contribution in [0.2, 0.25) is 0 Å². The van der Waals surface area contributed by atoms with Crippen molar-refractivity contribution in [1.29, 1.82) is 0 Å². The maximum atomic E-state index is 5.36. The Labute approximate surface area is 106 Å². The number of rotatable bonds is 7. The van der Waals surface area contributed by atoms with Gasteiger partial charge in [-0.25, -0.2) is 10.8 Å². The van der Waals surface area contributed by atoms with Crippen LogP contribution < -0.4 is 11.3 Å². The number of thiazole rings is 1. The van der Waals surface area contributed by atoms with Crippen LogP contribution in [0.15, 0.2) is 6.20 Å². The standard InChI is InChI=1S/C12H20N4S/c13-15-12-14-5-11(17-12)8-16(6-9-1-2-9)7-10-3-4-10/h5,9-10H,1-4,6-8,13H2,(H,14,15). The number of aromatic nitrogens is 1. The van der Waals surface area contributed by atoms with E-state index in [1.807, 2.05) is 6.20 Å². The summed E-state index contributed by atoms with van der Waals surface area (Å²) in [5, 5.41) is 0.817. The van der Waals surface area contributed by atoms with Crippen LogP contribution in [0.4, 0.5) is 5.13 Å². The van der Waals surface area contributed by atoms with E-state index in [9.17, 15) is 0 Å². The Morgan fingerprint density at radius 3 is 2.41 bits per heavy atom. The molecule has 0 bridgehead atoms. The molecule has 4 nitrogen and oxygen atoms in total. The lowest BCUT2D eigenvalue weighted by atomic mass is 10.3. The number of nitrogens with one attached hydrogen (secondary N) is 1. The van der Waals surface area contributed by atoms with Crippen LogP contribution in [0.5, 0.6) is 0 Å². The van der Waals surface area contributed by atoms with Crippen LogP contribution in [0.1, 0.15) is 30.6 Å². The van der Waals surface area contributed by atoms with Gasteiger partial charge >= 0.3 is 0 Å². The predicted octanol–water partition coefficient (Wildman–Crippen LogP) is 2.05. The summed E-state index contributed by atoms with van der Waals surface area (Å²) < 4.78 is 0. The summed E-state index contributed by atoms with van der Waals surface area (Å²) in [6.45, 7) is 3.60. The van der Waals surface area contributed by atoms with Crippen molar-refractivity contribution in [3.63, 3.8) is 0 Å². The van der Waals surface area contributed by atoms with E-state index in [0.29, 0.717) is 0 Å². The van der Waals surface area contributed by atoms with Crippen LogP contribution in [0.25, 0.3) is 0 Å². The highest BCUT2D eigenvalue weighted by Crippen LogP contribution is 2.34. The summed E-state index contributed by atoms with van der Waals surface area (Å²) in [6, 6.07) is 0. The molecule has 0 aliphatic heterocycles. The zero-order valence-electron chi connectivity index (χ0n) is 10.1. The molecule has 5 heteroatoms. The molecule has 0 amide bonds. The Bertz CT molecular complexity index is 356. The number of nitrogen functional groups attached to an aromatic ring is 1. The van der Waals surface area contributed by atoms with E-state index in [2.05, 4.69) is 15.3 Å². The molecule has 0 spiro atoms. The van der Waals surface area contributed by atoms with Crippen LogP contribution in [0, 0.1) is 11.8 Å². The van der Waals surface area contributed by atoms with E-state index < -0.39 is 0 Å². The quantitative estimate of drug-likeness (QED) is 0.576. The van der Waals surface area contributed by atoms with Gasteiger partial charge in [-0.05, 0) is 37.5 Å². The van der Waals surface area contributed by atoms with Crippen molar-refractivity contribution in [1.82, 2.24) is 9.88 Å². The van der Waals surface area contributed by atoms with Gasteiger partial charge in [0.25, 0.3) is 0 Å². The van der Waals surface area contributed by atoms with Crippen LogP contribution in [-0.4, -0.2) is 23.0 Å². The molecule has 1 aromatic heterocycles. The molecule has 1 heterocycles. The molecule has 17 heavy (non-hydrogen) atoms. The van der Waals surface area contributed by atoms with Crippen molar-refractivity contribution >= 4 is 16.5 Å². The molecule has 2 fully saturated rings. The first kappa shape index (κ1) is 11.4. The molecule has 0 saturated heterocycles. The molecule has 3 N–H and O–H groups in total. The fourth-order valence-corrected chi connectivity index (χ4v) is 2.97. The lowest BCUT2D eigenvalue weighted by Gasteiger charge is -2.21. The minimum atomic E-state index is 0.817. The molecule has 0 atom stereocenters. The smallest absolute Gasteiger partial charge is 0.197 e. The predicted molar refractivity (Wildman–Crippen MR) is 70.6 cm³/mol. The summed E-state index contributed by atoms with van der Waals surface area (Å²) in [7, 11) is 0. The fraction of sp³-hybridized carbons (Fsp3) is 0.750. The van der Waals surface area contributed by atoms with Gasteiger partial charge in [0, 0.05) is 30.7 Å². The van der Waals surface area contributed by atoms with Gasteiger partial charge in [-0.3, -0.25) is 10.3 Å². The van der Waals surface area contributed by atoms with E-state index in [1.165, 1.54) is 43.6 Å². The Hall–Kier alpha value is -0.650. The van der Waals surface area contributed by atoms with Crippen molar-refractivity contribution < 1.29 is 0 Å². The van der Waals surface area contributed by atoms with Gasteiger partial charge in [0.15, 0.2) is 5.13 Å². The van der Waals surface area contributed by atoms with E-state index in [0.717, 1.165) is 23.5 Å². The van der Waals surface area contributed by atoms with Crippen molar-refractivity contribution in [3.8, 4) is 0 Å². The highest BCUT2D eigenvalue weighted by atomic mass is 32.1. The topological polar surface area (TPSA) is 54.2 Å². The molecule has 0 unspecified atom stereocenters. The average molecular weight is 252 g/mol. The first-order valence-electron chi connectivity index (χ1n) is 6.47. The lowest BCUT2D eigenvalue weighted by Crippen LogP contribution is -2.27. The van der Waals surface area contributed by atoms with Crippen LogP contribution in [-0.2, 0) is 6.54 Å². The third-order valence-corrected chi connectivity index (χ3v) is 4.40. The largest absolute Gasteiger partial charge is 0.300 e.